The van der Waals surface area contributed by atoms with Crippen molar-refractivity contribution in [1.82, 2.24) is 9.97 Å². The van der Waals surface area contributed by atoms with E-state index in [4.69, 9.17) is 17.3 Å². The number of carbonyl (C=O) groups is 2. The third-order valence-corrected chi connectivity index (χ3v) is 6.56. The van der Waals surface area contributed by atoms with Crippen LogP contribution in [0.25, 0.3) is 0 Å². The van der Waals surface area contributed by atoms with Gasteiger partial charge in [-0.15, -0.1) is 0 Å². The second-order valence-corrected chi connectivity index (χ2v) is 8.26. The molecule has 166 valence electrons. The quantitative estimate of drug-likeness (QED) is 0.300. The van der Waals surface area contributed by atoms with E-state index in [2.05, 4.69) is 46.2 Å². The molecule has 31 heavy (non-hydrogen) atoms. The number of nitrogens with two attached hydrogens (primary N) is 1. The van der Waals surface area contributed by atoms with Gasteiger partial charge in [-0.25, -0.2) is 19.8 Å². The molecule has 13 heteroatoms. The monoisotopic (exact) mass is 529 g/mol. The fourth-order valence-electron chi connectivity index (χ4n) is 2.53. The number of thiazole rings is 1. The number of carboxylic acid groups (broad SMARTS) is 1. The molecule has 2 rings (SSSR count). The molecular formula is C18H21BrClN7O3S. The summed E-state index contributed by atoms with van der Waals surface area (Å²) < 4.78 is 0.485. The number of carboxylic acids is 1. The topological polar surface area (TPSA) is 158 Å². The normalized spacial score (nSPS) is 12.5. The number of aliphatic imine (C=N–C) groups is 3. The molecule has 0 aliphatic rings. The molecule has 0 atom stereocenters. The Labute approximate surface area is 195 Å². The second kappa shape index (κ2) is 11.2. The van der Waals surface area contributed by atoms with E-state index < -0.39 is 11.9 Å². The summed E-state index contributed by atoms with van der Waals surface area (Å²) in [6.45, 7) is 4.06. The molecule has 0 aliphatic carbocycles. The number of halogens is 2. The first kappa shape index (κ1) is 24.7. The average molecular weight is 531 g/mol. The van der Waals surface area contributed by atoms with Crippen molar-refractivity contribution in [2.24, 2.45) is 20.7 Å². The van der Waals surface area contributed by atoms with Crippen molar-refractivity contribution in [3.05, 3.63) is 31.5 Å². The van der Waals surface area contributed by atoms with Crippen molar-refractivity contribution in [2.75, 3.05) is 18.9 Å². The number of rotatable bonds is 8. The van der Waals surface area contributed by atoms with Crippen LogP contribution in [-0.4, -0.2) is 58.4 Å². The fourth-order valence-corrected chi connectivity index (χ4v) is 4.06. The summed E-state index contributed by atoms with van der Waals surface area (Å²) in [5.74, 6) is -1.44. The van der Waals surface area contributed by atoms with Crippen LogP contribution in [0.2, 0.25) is 5.02 Å². The summed E-state index contributed by atoms with van der Waals surface area (Å²) in [7, 11) is 1.47. The first-order chi connectivity index (χ1) is 14.7. The van der Waals surface area contributed by atoms with E-state index in [1.54, 1.807) is 6.92 Å². The number of anilines is 1. The molecule has 1 amide bonds. The van der Waals surface area contributed by atoms with Crippen LogP contribution in [0.3, 0.4) is 0 Å². The lowest BCUT2D eigenvalue weighted by Crippen LogP contribution is -2.11. The lowest BCUT2D eigenvalue weighted by atomic mass is 10.2. The molecule has 2 aromatic rings. The Balaban J connectivity index is 2.12. The maximum atomic E-state index is 12.5. The lowest BCUT2D eigenvalue weighted by molar-refractivity contribution is 0.0701. The number of aromatic amines is 1. The van der Waals surface area contributed by atoms with E-state index in [-0.39, 0.29) is 16.4 Å². The van der Waals surface area contributed by atoms with Crippen LogP contribution in [0, 0.1) is 6.92 Å². The van der Waals surface area contributed by atoms with Gasteiger partial charge < -0.3 is 21.1 Å². The van der Waals surface area contributed by atoms with Crippen LogP contribution in [0.15, 0.2) is 19.4 Å². The van der Waals surface area contributed by atoms with Crippen LogP contribution >= 0.6 is 38.9 Å². The molecule has 0 aliphatic heterocycles. The highest BCUT2D eigenvalue weighted by Crippen LogP contribution is 2.30. The number of nitrogens with zero attached hydrogens (tertiary/aromatic N) is 4. The smallest absolute Gasteiger partial charge is 0.348 e. The number of aromatic carboxylic acids is 1. The van der Waals surface area contributed by atoms with Crippen LogP contribution < -0.4 is 11.1 Å². The fraction of sp³-hybridized carbons (Fsp3) is 0.333. The molecular weight excluding hydrogens is 510 g/mol. The molecule has 0 unspecified atom stereocenters. The van der Waals surface area contributed by atoms with Crippen molar-refractivity contribution in [3.8, 4) is 0 Å². The minimum Gasteiger partial charge on any atom is -0.477 e. The van der Waals surface area contributed by atoms with Crippen LogP contribution in [0.5, 0.6) is 0 Å². The van der Waals surface area contributed by atoms with E-state index in [0.29, 0.717) is 51.1 Å². The Kier molecular flexibility index (Phi) is 8.89. The third kappa shape index (κ3) is 5.99. The molecule has 10 nitrogen and oxygen atoms in total. The standard InChI is InChI=1S/C18H21BrClN7O3S/c1-4-9(26-16(28)12-10(19)11(20)8(2)25-12)5-6-23-18-27-13(14(31-18)17(29)30)15(22-3)24-7-21/h7,25H,4-6H2,1-3H3,(H,23,27)(H,29,30)(H2,21,22,24). The van der Waals surface area contributed by atoms with Crippen LogP contribution in [0.4, 0.5) is 5.13 Å². The van der Waals surface area contributed by atoms with Gasteiger partial charge in [-0.1, -0.05) is 29.9 Å². The van der Waals surface area contributed by atoms with Gasteiger partial charge in [-0.05, 0) is 29.3 Å². The summed E-state index contributed by atoms with van der Waals surface area (Å²) in [6, 6.07) is 0. The van der Waals surface area contributed by atoms with Gasteiger partial charge in [0, 0.05) is 31.4 Å². The Hall–Kier alpha value is -2.57. The van der Waals surface area contributed by atoms with Crippen molar-refractivity contribution in [2.45, 2.75) is 26.7 Å². The number of amides is 1. The van der Waals surface area contributed by atoms with Gasteiger partial charge in [0.1, 0.15) is 16.3 Å². The van der Waals surface area contributed by atoms with E-state index in [1.165, 1.54) is 7.05 Å². The number of amidine groups is 1. The van der Waals surface area contributed by atoms with Gasteiger partial charge in [0.05, 0.1) is 15.8 Å². The molecule has 0 radical (unpaired) electrons. The number of aryl methyl sites for hydroxylation is 1. The molecule has 0 saturated heterocycles. The van der Waals surface area contributed by atoms with Gasteiger partial charge in [0.25, 0.3) is 5.91 Å². The van der Waals surface area contributed by atoms with E-state index in [9.17, 15) is 14.7 Å². The first-order valence-corrected chi connectivity index (χ1v) is 11.1. The summed E-state index contributed by atoms with van der Waals surface area (Å²) in [5.41, 5.74) is 7.07. The predicted octanol–water partition coefficient (Wildman–Crippen LogP) is 3.75. The number of H-pyrrole nitrogens is 1. The average Bonchev–Trinajstić information content (AvgIpc) is 3.28. The van der Waals surface area contributed by atoms with Crippen LogP contribution in [-0.2, 0) is 0 Å². The third-order valence-electron chi connectivity index (χ3n) is 4.07. The number of carbonyl (C=O) groups excluding carboxylic acids is 1. The molecule has 0 fully saturated rings. The summed E-state index contributed by atoms with van der Waals surface area (Å²) in [5, 5.41) is 13.3. The van der Waals surface area contributed by atoms with Crippen LogP contribution in [0.1, 0.15) is 51.3 Å². The molecule has 0 aromatic carbocycles. The zero-order chi connectivity index (χ0) is 23.1. The molecule has 5 N–H and O–H groups in total. The molecule has 2 heterocycles. The van der Waals surface area contributed by atoms with Gasteiger partial charge >= 0.3 is 5.97 Å². The summed E-state index contributed by atoms with van der Waals surface area (Å²) in [6.07, 6.45) is 2.05. The number of hydrogen-bond acceptors (Lipinski definition) is 6. The van der Waals surface area contributed by atoms with Crippen molar-refractivity contribution in [1.29, 1.82) is 0 Å². The van der Waals surface area contributed by atoms with Gasteiger partial charge in [-0.3, -0.25) is 9.79 Å². The SMILES string of the molecule is CCC(CCNc1nc(C(N=CN)=NC)c(C(=O)O)s1)=NC(=O)c1[nH]c(C)c(Cl)c1Br. The van der Waals surface area contributed by atoms with Crippen molar-refractivity contribution >= 4 is 73.8 Å². The van der Waals surface area contributed by atoms with Gasteiger partial charge in [0.2, 0.25) is 0 Å². The van der Waals surface area contributed by atoms with E-state index >= 15 is 0 Å². The zero-order valence-corrected chi connectivity index (χ0v) is 20.2. The number of nitrogens with one attached hydrogen (secondary N) is 2. The molecule has 0 saturated carbocycles. The summed E-state index contributed by atoms with van der Waals surface area (Å²) in [4.78, 5) is 43.2. The molecule has 0 bridgehead atoms. The maximum Gasteiger partial charge on any atom is 0.348 e. The predicted molar refractivity (Wildman–Crippen MR) is 128 cm³/mol. The Morgan fingerprint density at radius 3 is 2.68 bits per heavy atom. The van der Waals surface area contributed by atoms with E-state index in [1.807, 2.05) is 6.92 Å². The second-order valence-electron chi connectivity index (χ2n) is 6.09. The minimum atomic E-state index is -1.14. The first-order valence-electron chi connectivity index (χ1n) is 9.07. The highest BCUT2D eigenvalue weighted by molar-refractivity contribution is 9.10. The molecule has 0 spiro atoms. The Morgan fingerprint density at radius 1 is 1.45 bits per heavy atom. The highest BCUT2D eigenvalue weighted by Gasteiger charge is 2.21. The largest absolute Gasteiger partial charge is 0.477 e. The van der Waals surface area contributed by atoms with Gasteiger partial charge in [-0.2, -0.15) is 0 Å². The lowest BCUT2D eigenvalue weighted by Gasteiger charge is -2.05. The maximum absolute atomic E-state index is 12.5. The number of aromatic nitrogens is 2. The zero-order valence-electron chi connectivity index (χ0n) is 17.0. The van der Waals surface area contributed by atoms with E-state index in [0.717, 1.165) is 17.7 Å². The van der Waals surface area contributed by atoms with Crippen molar-refractivity contribution in [3.63, 3.8) is 0 Å². The van der Waals surface area contributed by atoms with Crippen molar-refractivity contribution < 1.29 is 14.7 Å². The Bertz CT molecular complexity index is 1070. The highest BCUT2D eigenvalue weighted by atomic mass is 79.9. The van der Waals surface area contributed by atoms with Gasteiger partial charge in [0.15, 0.2) is 11.0 Å². The Morgan fingerprint density at radius 2 is 2.16 bits per heavy atom. The number of hydrogen-bond donors (Lipinski definition) is 4. The molecule has 2 aromatic heterocycles. The minimum absolute atomic E-state index is 0.00268. The summed E-state index contributed by atoms with van der Waals surface area (Å²) >= 11 is 10.4.